The molecule has 0 radical (unpaired) electrons. The van der Waals surface area contributed by atoms with Gasteiger partial charge in [0, 0.05) is 36.5 Å². The quantitative estimate of drug-likeness (QED) is 0.0467. The normalized spacial score (nSPS) is 15.1. The van der Waals surface area contributed by atoms with E-state index < -0.39 is 11.9 Å². The monoisotopic (exact) mass is 736 g/mol. The van der Waals surface area contributed by atoms with Crippen LogP contribution in [0.15, 0.2) is 0 Å². The van der Waals surface area contributed by atoms with E-state index in [0.717, 1.165) is 80.0 Å². The maximum Gasteiger partial charge on any atom is 0.359 e. The zero-order chi connectivity index (χ0) is 34.2. The van der Waals surface area contributed by atoms with E-state index in [1.165, 1.54) is 0 Å². The number of aliphatic carboxylic acids is 2. The highest BCUT2D eigenvalue weighted by atomic mass is 32.2. The summed E-state index contributed by atoms with van der Waals surface area (Å²) in [6.45, 7) is 17.1. The van der Waals surface area contributed by atoms with Crippen molar-refractivity contribution in [1.29, 1.82) is 0 Å². The smallest absolute Gasteiger partial charge is 0.359 e. The first-order valence-corrected chi connectivity index (χ1v) is 21.2. The molecule has 0 bridgehead atoms. The Hall–Kier alpha value is 0.490. The zero-order valence-corrected chi connectivity index (χ0v) is 33.1. The number of likely N-dealkylation sites (N-methyl/N-ethyl adjacent to an activating group) is 2. The van der Waals surface area contributed by atoms with Crippen LogP contribution in [-0.2, 0) is 19.1 Å². The van der Waals surface area contributed by atoms with Gasteiger partial charge in [-0.3, -0.25) is 0 Å². The molecule has 0 saturated carbocycles. The van der Waals surface area contributed by atoms with Crippen LogP contribution in [0.1, 0.15) is 53.9 Å². The molecular formula is C31H64N2O7S5+2. The average molecular weight is 737 g/mol. The molecule has 0 spiro atoms. The summed E-state index contributed by atoms with van der Waals surface area (Å²) in [5, 5.41) is 28.0. The lowest BCUT2D eigenvalue weighted by molar-refractivity contribution is -0.921. The molecule has 2 unspecified atom stereocenters. The molecule has 0 saturated heterocycles. The summed E-state index contributed by atoms with van der Waals surface area (Å²) in [7, 11) is 4.06. The molecule has 3 N–H and O–H groups in total. The maximum atomic E-state index is 11.8. The molecule has 9 nitrogen and oxygen atoms in total. The van der Waals surface area contributed by atoms with Gasteiger partial charge in [-0.25, -0.2) is 9.59 Å². The number of carboxylic acid groups (broad SMARTS) is 2. The lowest BCUT2D eigenvalue weighted by Gasteiger charge is -2.37. The Morgan fingerprint density at radius 2 is 1.04 bits per heavy atom. The minimum atomic E-state index is -0.792. The highest BCUT2D eigenvalue weighted by Crippen LogP contribution is 2.37. The first kappa shape index (κ1) is 45.5. The van der Waals surface area contributed by atoms with Gasteiger partial charge in [0.05, 0.1) is 81.5 Å². The molecule has 0 aromatic heterocycles. The van der Waals surface area contributed by atoms with E-state index >= 15 is 0 Å². The SMILES string of the molecule is CCSC(C)(C)SCCC[N+](C)(CCC[N+](C)(CCCSC(C)(C)SCCOCCOCCSCCO)CC(=O)O)CC(=O)O. The van der Waals surface area contributed by atoms with Crippen LogP contribution >= 0.6 is 58.8 Å². The fraction of sp³-hybridized carbons (Fsp3) is 0.935. The first-order chi connectivity index (χ1) is 21.1. The molecule has 0 aliphatic rings. The molecule has 14 heteroatoms. The van der Waals surface area contributed by atoms with Crippen LogP contribution in [0.5, 0.6) is 0 Å². The van der Waals surface area contributed by atoms with Crippen molar-refractivity contribution in [1.82, 2.24) is 0 Å². The third kappa shape index (κ3) is 27.1. The molecule has 0 rings (SSSR count). The molecule has 268 valence electrons. The predicted molar refractivity (Wildman–Crippen MR) is 200 cm³/mol. The van der Waals surface area contributed by atoms with E-state index in [2.05, 4.69) is 34.6 Å². The fourth-order valence-corrected chi connectivity index (χ4v) is 10.2. The Labute approximate surface area is 295 Å². The summed E-state index contributed by atoms with van der Waals surface area (Å²) < 4.78 is 12.4. The predicted octanol–water partition coefficient (Wildman–Crippen LogP) is 5.40. The van der Waals surface area contributed by atoms with Crippen molar-refractivity contribution in [3.05, 3.63) is 0 Å². The molecule has 45 heavy (non-hydrogen) atoms. The second-order valence-electron chi connectivity index (χ2n) is 12.6. The first-order valence-electron chi connectivity index (χ1n) is 16.1. The Morgan fingerprint density at radius 1 is 0.622 bits per heavy atom. The summed E-state index contributed by atoms with van der Waals surface area (Å²) in [5.74, 6) is 4.00. The largest absolute Gasteiger partial charge is 0.477 e. The Morgan fingerprint density at radius 3 is 1.49 bits per heavy atom. The molecule has 0 fully saturated rings. The van der Waals surface area contributed by atoms with E-state index in [1.54, 1.807) is 11.8 Å². The number of carboxylic acids is 2. The second kappa shape index (κ2) is 25.5. The highest BCUT2D eigenvalue weighted by molar-refractivity contribution is 8.18. The highest BCUT2D eigenvalue weighted by Gasteiger charge is 2.30. The third-order valence-electron chi connectivity index (χ3n) is 7.16. The van der Waals surface area contributed by atoms with Crippen LogP contribution in [0.25, 0.3) is 0 Å². The fourth-order valence-electron chi connectivity index (χ4n) is 4.94. The van der Waals surface area contributed by atoms with Crippen molar-refractivity contribution in [2.45, 2.75) is 62.0 Å². The van der Waals surface area contributed by atoms with Gasteiger partial charge in [0.15, 0.2) is 13.1 Å². The molecule has 0 amide bonds. The van der Waals surface area contributed by atoms with Crippen LogP contribution < -0.4 is 0 Å². The molecule has 0 heterocycles. The van der Waals surface area contributed by atoms with Crippen molar-refractivity contribution >= 4 is 70.7 Å². The van der Waals surface area contributed by atoms with Crippen LogP contribution in [0.3, 0.4) is 0 Å². The lowest BCUT2D eigenvalue weighted by Crippen LogP contribution is -2.53. The van der Waals surface area contributed by atoms with Crippen LogP contribution in [0.4, 0.5) is 0 Å². The van der Waals surface area contributed by atoms with E-state index in [1.807, 2.05) is 61.1 Å². The summed E-state index contributed by atoms with van der Waals surface area (Å²) in [6.07, 6.45) is 2.67. The number of carbonyl (C=O) groups is 2. The van der Waals surface area contributed by atoms with Crippen molar-refractivity contribution in [2.24, 2.45) is 0 Å². The van der Waals surface area contributed by atoms with Crippen molar-refractivity contribution in [2.75, 3.05) is 121 Å². The minimum Gasteiger partial charge on any atom is -0.477 e. The van der Waals surface area contributed by atoms with Gasteiger partial charge in [-0.2, -0.15) is 11.8 Å². The summed E-state index contributed by atoms with van der Waals surface area (Å²) in [6, 6.07) is 0. The van der Waals surface area contributed by atoms with Crippen LogP contribution in [-0.4, -0.2) is 165 Å². The number of hydrogen-bond donors (Lipinski definition) is 3. The average Bonchev–Trinajstić information content (AvgIpc) is 2.91. The second-order valence-corrected chi connectivity index (χ2v) is 21.4. The van der Waals surface area contributed by atoms with Gasteiger partial charge in [0.1, 0.15) is 0 Å². The molecule has 2 atom stereocenters. The summed E-state index contributed by atoms with van der Waals surface area (Å²) in [4.78, 5) is 23.5. The Bertz CT molecular complexity index is 797. The number of aliphatic hydroxyl groups is 1. The van der Waals surface area contributed by atoms with Crippen molar-refractivity contribution in [3.8, 4) is 0 Å². The van der Waals surface area contributed by atoms with Crippen molar-refractivity contribution < 1.29 is 43.3 Å². The van der Waals surface area contributed by atoms with E-state index in [9.17, 15) is 19.8 Å². The number of aliphatic hydroxyl groups excluding tert-OH is 1. The number of thioether (sulfide) groups is 5. The molecular weight excluding hydrogens is 673 g/mol. The number of quaternary nitrogens is 2. The Kier molecular flexibility index (Phi) is 25.7. The van der Waals surface area contributed by atoms with Gasteiger partial charge in [-0.1, -0.05) is 6.92 Å². The standard InChI is InChI=1S/C31H62N2O7S5/c1-8-42-30(2,3)43-21-10-14-32(6,26-28(35)36)12-9-13-33(7,27-29(37)38)15-11-22-44-31(4,5)45-25-20-40-18-17-39-19-24-41-23-16-34/h34H,8-27H2,1-7H3/p+2. The molecule has 0 aromatic rings. The van der Waals surface area contributed by atoms with Gasteiger partial charge in [0.25, 0.3) is 0 Å². The van der Waals surface area contributed by atoms with Gasteiger partial charge in [-0.05, 0) is 45.0 Å². The topological polar surface area (TPSA) is 113 Å². The Balaban J connectivity index is 4.56. The van der Waals surface area contributed by atoms with E-state index in [4.69, 9.17) is 14.6 Å². The minimum absolute atomic E-state index is 0.0405. The number of hydrogen-bond acceptors (Lipinski definition) is 10. The van der Waals surface area contributed by atoms with Gasteiger partial charge >= 0.3 is 11.9 Å². The van der Waals surface area contributed by atoms with Gasteiger partial charge < -0.3 is 33.8 Å². The van der Waals surface area contributed by atoms with E-state index in [0.29, 0.717) is 35.4 Å². The number of rotatable bonds is 32. The van der Waals surface area contributed by atoms with Crippen LogP contribution in [0, 0.1) is 0 Å². The third-order valence-corrected chi connectivity index (χ3v) is 13.9. The van der Waals surface area contributed by atoms with Crippen molar-refractivity contribution in [3.63, 3.8) is 0 Å². The zero-order valence-electron chi connectivity index (χ0n) is 29.1. The molecule has 0 aliphatic carbocycles. The number of ether oxygens (including phenoxy) is 2. The summed E-state index contributed by atoms with van der Waals surface area (Å²) >= 11 is 9.34. The van der Waals surface area contributed by atoms with E-state index in [-0.39, 0.29) is 27.9 Å². The number of nitrogens with zero attached hydrogens (tertiary/aromatic N) is 2. The summed E-state index contributed by atoms with van der Waals surface area (Å²) in [5.41, 5.74) is 0. The van der Waals surface area contributed by atoms with Gasteiger partial charge in [0.2, 0.25) is 0 Å². The van der Waals surface area contributed by atoms with Crippen LogP contribution in [0.2, 0.25) is 0 Å². The molecule has 0 aromatic carbocycles. The molecule has 0 aliphatic heterocycles. The lowest BCUT2D eigenvalue weighted by atomic mass is 10.2. The maximum absolute atomic E-state index is 11.8. The van der Waals surface area contributed by atoms with Gasteiger partial charge in [-0.15, -0.1) is 47.0 Å².